The van der Waals surface area contributed by atoms with E-state index in [0.29, 0.717) is 22.9 Å². The molecule has 0 aliphatic rings. The number of hydrogen-bond donors (Lipinski definition) is 1. The van der Waals surface area contributed by atoms with Gasteiger partial charge in [0.05, 0.1) is 31.6 Å². The highest BCUT2D eigenvalue weighted by Crippen LogP contribution is 2.33. The van der Waals surface area contributed by atoms with E-state index in [1.807, 2.05) is 0 Å². The second-order valence-electron chi connectivity index (χ2n) is 8.41. The molecule has 0 saturated carbocycles. The first-order chi connectivity index (χ1) is 18.1. The average molecular weight is 527 g/mol. The van der Waals surface area contributed by atoms with Crippen LogP contribution in [0, 0.1) is 0 Å². The van der Waals surface area contributed by atoms with Crippen LogP contribution in [0.5, 0.6) is 17.5 Å². The number of nitrogens with zero attached hydrogens (tertiary/aromatic N) is 3. The average Bonchev–Trinajstić information content (AvgIpc) is 3.31. The highest BCUT2D eigenvalue weighted by molar-refractivity contribution is 6.08. The van der Waals surface area contributed by atoms with E-state index in [1.54, 1.807) is 56.3 Å². The van der Waals surface area contributed by atoms with Gasteiger partial charge in [-0.2, -0.15) is 18.2 Å². The van der Waals surface area contributed by atoms with Gasteiger partial charge in [-0.1, -0.05) is 18.2 Å². The van der Waals surface area contributed by atoms with Gasteiger partial charge < -0.3 is 19.5 Å². The summed E-state index contributed by atoms with van der Waals surface area (Å²) in [6, 6.07) is 16.4. The second-order valence-corrected chi connectivity index (χ2v) is 8.41. The molecule has 0 unspecified atom stereocenters. The van der Waals surface area contributed by atoms with Crippen LogP contribution in [0.15, 0.2) is 66.7 Å². The molecule has 0 aliphatic carbocycles. The van der Waals surface area contributed by atoms with E-state index in [4.69, 9.17) is 14.2 Å². The predicted molar refractivity (Wildman–Crippen MR) is 135 cm³/mol. The number of anilines is 1. The van der Waals surface area contributed by atoms with Crippen molar-refractivity contribution in [2.75, 3.05) is 19.5 Å². The van der Waals surface area contributed by atoms with Crippen LogP contribution in [0.4, 0.5) is 18.9 Å². The number of ether oxygens (including phenoxy) is 3. The molecule has 38 heavy (non-hydrogen) atoms. The molecule has 1 amide bonds. The van der Waals surface area contributed by atoms with Crippen LogP contribution in [0.3, 0.4) is 0 Å². The van der Waals surface area contributed by atoms with Crippen molar-refractivity contribution in [2.45, 2.75) is 26.1 Å². The number of nitrogens with one attached hydrogen (secondary N) is 1. The van der Waals surface area contributed by atoms with Gasteiger partial charge in [-0.05, 0) is 62.4 Å². The molecular formula is C27H25F3N4O4. The summed E-state index contributed by atoms with van der Waals surface area (Å²) < 4.78 is 57.6. The van der Waals surface area contributed by atoms with Gasteiger partial charge in [-0.15, -0.1) is 5.10 Å². The Balaban J connectivity index is 1.67. The summed E-state index contributed by atoms with van der Waals surface area (Å²) in [5, 5.41) is 7.15. The van der Waals surface area contributed by atoms with E-state index in [1.165, 1.54) is 31.0 Å². The maximum absolute atomic E-state index is 13.3. The molecular weight excluding hydrogens is 501 g/mol. The normalized spacial score (nSPS) is 11.4. The lowest BCUT2D eigenvalue weighted by molar-refractivity contribution is -0.137. The van der Waals surface area contributed by atoms with E-state index in [9.17, 15) is 18.0 Å². The monoisotopic (exact) mass is 526 g/mol. The van der Waals surface area contributed by atoms with E-state index in [2.05, 4.69) is 15.4 Å². The summed E-state index contributed by atoms with van der Waals surface area (Å²) in [4.78, 5) is 17.3. The van der Waals surface area contributed by atoms with Gasteiger partial charge in [0, 0.05) is 11.3 Å². The van der Waals surface area contributed by atoms with Crippen LogP contribution in [-0.2, 0) is 6.18 Å². The Labute approximate surface area is 217 Å². The molecule has 0 radical (unpaired) electrons. The number of aromatic nitrogens is 3. The quantitative estimate of drug-likeness (QED) is 0.303. The van der Waals surface area contributed by atoms with Gasteiger partial charge in [-0.3, -0.25) is 4.79 Å². The Kier molecular flexibility index (Phi) is 7.56. The SMILES string of the molecule is COc1cccc(OC)c1C(=O)Nc1ccc(-n2nc(OC(C)C)nc2-c2cccc(C(F)(F)F)c2)cc1. The Morgan fingerprint density at radius 2 is 1.58 bits per heavy atom. The van der Waals surface area contributed by atoms with E-state index in [-0.39, 0.29) is 29.1 Å². The fraction of sp³-hybridized carbons (Fsp3) is 0.222. The first-order valence-electron chi connectivity index (χ1n) is 11.5. The molecule has 0 aliphatic heterocycles. The summed E-state index contributed by atoms with van der Waals surface area (Å²) in [5.74, 6) is 0.432. The third-order valence-corrected chi connectivity index (χ3v) is 5.40. The summed E-state index contributed by atoms with van der Waals surface area (Å²) in [7, 11) is 2.91. The standard InChI is InChI=1S/C27H25F3N4O4/c1-16(2)38-26-32-24(17-7-5-8-18(15-17)27(28,29)30)34(33-26)20-13-11-19(12-14-20)31-25(35)23-21(36-3)9-6-10-22(23)37-4/h5-16H,1-4H3,(H,31,35). The van der Waals surface area contributed by atoms with Crippen LogP contribution in [0.2, 0.25) is 0 Å². The van der Waals surface area contributed by atoms with Crippen LogP contribution >= 0.6 is 0 Å². The molecule has 3 aromatic carbocycles. The Hall–Kier alpha value is -4.54. The zero-order valence-corrected chi connectivity index (χ0v) is 21.0. The molecule has 1 aromatic heterocycles. The van der Waals surface area contributed by atoms with Crippen LogP contribution < -0.4 is 19.5 Å². The number of amides is 1. The van der Waals surface area contributed by atoms with Crippen molar-refractivity contribution in [1.82, 2.24) is 14.8 Å². The van der Waals surface area contributed by atoms with Crippen molar-refractivity contribution < 1.29 is 32.2 Å². The number of rotatable bonds is 8. The maximum Gasteiger partial charge on any atom is 0.416 e. The predicted octanol–water partition coefficient (Wildman–Crippen LogP) is 6.01. The van der Waals surface area contributed by atoms with Gasteiger partial charge in [0.2, 0.25) is 0 Å². The van der Waals surface area contributed by atoms with Crippen molar-refractivity contribution in [1.29, 1.82) is 0 Å². The summed E-state index contributed by atoms with van der Waals surface area (Å²) in [6.45, 7) is 3.58. The summed E-state index contributed by atoms with van der Waals surface area (Å²) >= 11 is 0. The first-order valence-corrected chi connectivity index (χ1v) is 11.5. The molecule has 0 bridgehead atoms. The zero-order chi connectivity index (χ0) is 27.4. The lowest BCUT2D eigenvalue weighted by Crippen LogP contribution is -2.14. The molecule has 0 fully saturated rings. The molecule has 1 N–H and O–H groups in total. The molecule has 4 aromatic rings. The number of carbonyl (C=O) groups excluding carboxylic acids is 1. The number of alkyl halides is 3. The minimum Gasteiger partial charge on any atom is -0.496 e. The van der Waals surface area contributed by atoms with Gasteiger partial charge in [0.25, 0.3) is 5.91 Å². The Bertz CT molecular complexity index is 1410. The molecule has 0 saturated heterocycles. The van der Waals surface area contributed by atoms with Crippen molar-refractivity contribution in [2.24, 2.45) is 0 Å². The van der Waals surface area contributed by atoms with Crippen molar-refractivity contribution in [3.05, 3.63) is 77.9 Å². The van der Waals surface area contributed by atoms with Gasteiger partial charge >= 0.3 is 12.2 Å². The minimum atomic E-state index is -4.51. The smallest absolute Gasteiger partial charge is 0.416 e. The van der Waals surface area contributed by atoms with Crippen LogP contribution in [0.1, 0.15) is 29.8 Å². The van der Waals surface area contributed by atoms with E-state index in [0.717, 1.165) is 12.1 Å². The molecule has 8 nitrogen and oxygen atoms in total. The fourth-order valence-corrected chi connectivity index (χ4v) is 3.71. The second kappa shape index (κ2) is 10.8. The maximum atomic E-state index is 13.3. The zero-order valence-electron chi connectivity index (χ0n) is 21.0. The lowest BCUT2D eigenvalue weighted by Gasteiger charge is -2.13. The van der Waals surface area contributed by atoms with Crippen molar-refractivity contribution in [3.8, 4) is 34.6 Å². The Morgan fingerprint density at radius 3 is 2.16 bits per heavy atom. The third kappa shape index (κ3) is 5.72. The number of halogens is 3. The molecule has 0 atom stereocenters. The van der Waals surface area contributed by atoms with Gasteiger partial charge in [-0.25, -0.2) is 4.68 Å². The first kappa shape index (κ1) is 26.5. The number of benzene rings is 3. The van der Waals surface area contributed by atoms with Crippen LogP contribution in [0.25, 0.3) is 17.1 Å². The van der Waals surface area contributed by atoms with E-state index >= 15 is 0 Å². The van der Waals surface area contributed by atoms with E-state index < -0.39 is 17.6 Å². The number of hydrogen-bond acceptors (Lipinski definition) is 6. The largest absolute Gasteiger partial charge is 0.496 e. The van der Waals surface area contributed by atoms with Gasteiger partial charge in [0.1, 0.15) is 17.1 Å². The third-order valence-electron chi connectivity index (χ3n) is 5.40. The molecule has 4 rings (SSSR count). The topological polar surface area (TPSA) is 87.5 Å². The lowest BCUT2D eigenvalue weighted by atomic mass is 10.1. The fourth-order valence-electron chi connectivity index (χ4n) is 3.71. The van der Waals surface area contributed by atoms with Crippen molar-refractivity contribution in [3.63, 3.8) is 0 Å². The summed E-state index contributed by atoms with van der Waals surface area (Å²) in [5.41, 5.74) is 0.606. The minimum absolute atomic E-state index is 0.0214. The Morgan fingerprint density at radius 1 is 0.947 bits per heavy atom. The number of carbonyl (C=O) groups is 1. The van der Waals surface area contributed by atoms with Gasteiger partial charge in [0.15, 0.2) is 5.82 Å². The molecule has 198 valence electrons. The van der Waals surface area contributed by atoms with Crippen LogP contribution in [-0.4, -0.2) is 41.0 Å². The molecule has 1 heterocycles. The molecule has 0 spiro atoms. The number of methoxy groups -OCH3 is 2. The highest BCUT2D eigenvalue weighted by Gasteiger charge is 2.31. The van der Waals surface area contributed by atoms with Crippen molar-refractivity contribution >= 4 is 11.6 Å². The highest BCUT2D eigenvalue weighted by atomic mass is 19.4. The summed E-state index contributed by atoms with van der Waals surface area (Å²) in [6.07, 6.45) is -4.76. The molecule has 11 heteroatoms.